The molecule has 3 rings (SSSR count). The molecule has 2 aliphatic rings. The number of rotatable bonds is 2. The Morgan fingerprint density at radius 1 is 1.43 bits per heavy atom. The number of allylic oxidation sites excluding steroid dienone is 1. The number of fused-ring (bicyclic) bond motifs is 3. The van der Waals surface area contributed by atoms with Gasteiger partial charge in [0.1, 0.15) is 10.4 Å². The molecule has 1 aliphatic carbocycles. The predicted molar refractivity (Wildman–Crippen MR) is 78.8 cm³/mol. The van der Waals surface area contributed by atoms with Gasteiger partial charge in [-0.25, -0.2) is 4.99 Å². The molecule has 0 fully saturated rings. The summed E-state index contributed by atoms with van der Waals surface area (Å²) in [5, 5.41) is 28.0. The van der Waals surface area contributed by atoms with Crippen molar-refractivity contribution in [3.8, 4) is 0 Å². The fraction of sp³-hybridized carbons (Fsp3) is 0.500. The van der Waals surface area contributed by atoms with Crippen LogP contribution >= 0.6 is 15.9 Å². The molecule has 0 radical (unpaired) electrons. The average Bonchev–Trinajstić information content (AvgIpc) is 2.54. The van der Waals surface area contributed by atoms with Crippen LogP contribution in [0.4, 0.5) is 0 Å². The van der Waals surface area contributed by atoms with Gasteiger partial charge in [-0.1, -0.05) is 28.1 Å². The van der Waals surface area contributed by atoms with Crippen molar-refractivity contribution in [1.29, 1.82) is 0 Å². The molecule has 21 heavy (non-hydrogen) atoms. The molecule has 3 N–H and O–H groups in total. The highest BCUT2D eigenvalue weighted by atomic mass is 79.9. The summed E-state index contributed by atoms with van der Waals surface area (Å²) in [6.07, 6.45) is 4.24. The van der Waals surface area contributed by atoms with Gasteiger partial charge in [-0.2, -0.15) is 0 Å². The third kappa shape index (κ3) is 2.97. The molecule has 2 unspecified atom stereocenters. The Bertz CT molecular complexity index is 702. The summed E-state index contributed by atoms with van der Waals surface area (Å²) in [6.45, 7) is 0. The lowest BCUT2D eigenvalue weighted by molar-refractivity contribution is -0.466. The highest BCUT2D eigenvalue weighted by Crippen LogP contribution is 2.22. The van der Waals surface area contributed by atoms with Crippen molar-refractivity contribution in [2.75, 3.05) is 0 Å². The van der Waals surface area contributed by atoms with Crippen molar-refractivity contribution >= 4 is 22.0 Å². The monoisotopic (exact) mass is 356 g/mol. The van der Waals surface area contributed by atoms with E-state index in [0.717, 1.165) is 22.7 Å². The SMILES string of the molecule is Cn1c2c(c3c1=NC(Br)C=CC=3)CC(OC(O)(O)O)CC2. The number of alkyl halides is 1. The van der Waals surface area contributed by atoms with E-state index in [2.05, 4.69) is 25.5 Å². The summed E-state index contributed by atoms with van der Waals surface area (Å²) in [4.78, 5) is 4.56. The molecular weight excluding hydrogens is 340 g/mol. The second-order valence-electron chi connectivity index (χ2n) is 5.33. The van der Waals surface area contributed by atoms with Crippen molar-refractivity contribution in [3.63, 3.8) is 0 Å². The Morgan fingerprint density at radius 2 is 2.19 bits per heavy atom. The van der Waals surface area contributed by atoms with Crippen molar-refractivity contribution in [2.24, 2.45) is 12.0 Å². The molecule has 0 bridgehead atoms. The third-order valence-electron chi connectivity index (χ3n) is 3.88. The lowest BCUT2D eigenvalue weighted by Gasteiger charge is -2.27. The standard InChI is InChI=1S/C14H17BrN2O4/c1-17-11-6-5-8(21-14(18,19)20)7-10(11)9-3-2-4-12(15)16-13(9)17/h2-4,8,12,18-20H,5-7H2,1H3. The van der Waals surface area contributed by atoms with Crippen LogP contribution in [0.3, 0.4) is 0 Å². The van der Waals surface area contributed by atoms with Gasteiger partial charge in [0.25, 0.3) is 0 Å². The second-order valence-corrected chi connectivity index (χ2v) is 6.27. The highest BCUT2D eigenvalue weighted by molar-refractivity contribution is 9.09. The topological polar surface area (TPSA) is 87.2 Å². The minimum absolute atomic E-state index is 0.0583. The van der Waals surface area contributed by atoms with E-state index in [0.29, 0.717) is 12.8 Å². The van der Waals surface area contributed by atoms with Crippen LogP contribution in [0.15, 0.2) is 17.1 Å². The number of hydrogen-bond donors (Lipinski definition) is 3. The Hall–Kier alpha value is -0.990. The molecule has 1 aliphatic heterocycles. The van der Waals surface area contributed by atoms with Crippen LogP contribution in [0.25, 0.3) is 6.08 Å². The molecule has 6 nitrogen and oxygen atoms in total. The first-order valence-corrected chi connectivity index (χ1v) is 7.68. The van der Waals surface area contributed by atoms with Gasteiger partial charge in [0.15, 0.2) is 0 Å². The summed E-state index contributed by atoms with van der Waals surface area (Å²) >= 11 is 3.48. The van der Waals surface area contributed by atoms with E-state index < -0.39 is 12.3 Å². The van der Waals surface area contributed by atoms with Crippen LogP contribution < -0.4 is 10.7 Å². The molecule has 0 spiro atoms. The van der Waals surface area contributed by atoms with Crippen molar-refractivity contribution in [1.82, 2.24) is 4.57 Å². The fourth-order valence-electron chi connectivity index (χ4n) is 3.03. The number of aliphatic hydroxyl groups is 3. The van der Waals surface area contributed by atoms with Crippen LogP contribution in [0.5, 0.6) is 0 Å². The minimum Gasteiger partial charge on any atom is -0.333 e. The maximum atomic E-state index is 8.98. The van der Waals surface area contributed by atoms with E-state index in [1.807, 2.05) is 25.3 Å². The van der Waals surface area contributed by atoms with Crippen LogP contribution in [0, 0.1) is 0 Å². The minimum atomic E-state index is -3.08. The van der Waals surface area contributed by atoms with E-state index in [1.54, 1.807) is 0 Å². The number of aromatic nitrogens is 1. The molecular formula is C14H17BrN2O4. The number of halogens is 1. The molecule has 0 saturated carbocycles. The molecule has 1 aromatic rings. The quantitative estimate of drug-likeness (QED) is 0.367. The Balaban J connectivity index is 2.04. The Morgan fingerprint density at radius 3 is 2.90 bits per heavy atom. The summed E-state index contributed by atoms with van der Waals surface area (Å²) in [5.74, 6) is 0. The number of ether oxygens (including phenoxy) is 1. The first kappa shape index (κ1) is 14.9. The zero-order valence-electron chi connectivity index (χ0n) is 11.5. The first-order valence-electron chi connectivity index (χ1n) is 6.77. The summed E-state index contributed by atoms with van der Waals surface area (Å²) in [7, 11) is 1.98. The van der Waals surface area contributed by atoms with Gasteiger partial charge in [0.05, 0.1) is 6.10 Å². The maximum absolute atomic E-state index is 8.98. The van der Waals surface area contributed by atoms with Gasteiger partial charge in [-0.3, -0.25) is 0 Å². The Labute approximate surface area is 129 Å². The Kier molecular flexibility index (Phi) is 3.79. The molecule has 1 aromatic heterocycles. The van der Waals surface area contributed by atoms with E-state index in [4.69, 9.17) is 20.1 Å². The van der Waals surface area contributed by atoms with Crippen LogP contribution in [-0.2, 0) is 24.6 Å². The summed E-state index contributed by atoms with van der Waals surface area (Å²) < 4.78 is 6.95. The van der Waals surface area contributed by atoms with Gasteiger partial charge >= 0.3 is 6.16 Å². The first-order chi connectivity index (χ1) is 9.85. The van der Waals surface area contributed by atoms with Gasteiger partial charge in [-0.15, -0.1) is 0 Å². The second kappa shape index (κ2) is 5.33. The zero-order valence-corrected chi connectivity index (χ0v) is 13.1. The van der Waals surface area contributed by atoms with Crippen molar-refractivity contribution in [3.05, 3.63) is 34.1 Å². The maximum Gasteiger partial charge on any atom is 0.405 e. The van der Waals surface area contributed by atoms with E-state index in [9.17, 15) is 0 Å². The van der Waals surface area contributed by atoms with E-state index in [1.165, 1.54) is 5.69 Å². The van der Waals surface area contributed by atoms with Crippen molar-refractivity contribution < 1.29 is 20.1 Å². The highest BCUT2D eigenvalue weighted by Gasteiger charge is 2.31. The summed E-state index contributed by atoms with van der Waals surface area (Å²) in [5.41, 5.74) is 3.16. The average molecular weight is 357 g/mol. The van der Waals surface area contributed by atoms with Crippen LogP contribution in [0.2, 0.25) is 0 Å². The van der Waals surface area contributed by atoms with Gasteiger partial charge in [-0.05, 0) is 24.5 Å². The van der Waals surface area contributed by atoms with Crippen LogP contribution in [-0.4, -0.2) is 37.1 Å². The third-order valence-corrected chi connectivity index (χ3v) is 4.39. The van der Waals surface area contributed by atoms with Crippen molar-refractivity contribution in [2.45, 2.75) is 36.5 Å². The zero-order chi connectivity index (χ0) is 15.2. The lowest BCUT2D eigenvalue weighted by Crippen LogP contribution is -2.39. The van der Waals surface area contributed by atoms with Gasteiger partial charge < -0.3 is 24.6 Å². The predicted octanol–water partition coefficient (Wildman–Crippen LogP) is -0.822. The smallest absolute Gasteiger partial charge is 0.333 e. The lowest BCUT2D eigenvalue weighted by atomic mass is 9.94. The molecule has 0 saturated heterocycles. The van der Waals surface area contributed by atoms with E-state index in [-0.39, 0.29) is 4.95 Å². The molecule has 0 amide bonds. The fourth-order valence-corrected chi connectivity index (χ4v) is 3.40. The normalized spacial score (nSPS) is 24.6. The molecule has 2 atom stereocenters. The molecule has 114 valence electrons. The largest absolute Gasteiger partial charge is 0.405 e. The van der Waals surface area contributed by atoms with E-state index >= 15 is 0 Å². The molecule has 2 heterocycles. The summed E-state index contributed by atoms with van der Waals surface area (Å²) in [6, 6.07) is 0. The molecule has 7 heteroatoms. The number of hydrogen-bond acceptors (Lipinski definition) is 5. The number of nitrogens with zero attached hydrogens (tertiary/aromatic N) is 2. The van der Waals surface area contributed by atoms with Gasteiger partial charge in [0.2, 0.25) is 0 Å². The molecule has 0 aromatic carbocycles. The van der Waals surface area contributed by atoms with Gasteiger partial charge in [0, 0.05) is 24.4 Å². The van der Waals surface area contributed by atoms with Crippen LogP contribution in [0.1, 0.15) is 17.7 Å².